The summed E-state index contributed by atoms with van der Waals surface area (Å²) in [6.45, 7) is 6.49. The summed E-state index contributed by atoms with van der Waals surface area (Å²) in [5.41, 5.74) is 3.01. The van der Waals surface area contributed by atoms with Crippen LogP contribution in [0.25, 0.3) is 0 Å². The topological polar surface area (TPSA) is 61.9 Å². The number of ether oxygens (including phenoxy) is 1. The van der Waals surface area contributed by atoms with Crippen LogP contribution in [0.4, 0.5) is 0 Å². The lowest BCUT2D eigenvalue weighted by Crippen LogP contribution is -2.51. The number of nitrogens with zero attached hydrogens (tertiary/aromatic N) is 2. The molecule has 1 aliphatic carbocycles. The van der Waals surface area contributed by atoms with E-state index in [4.69, 9.17) is 4.74 Å². The minimum atomic E-state index is -0.150. The highest BCUT2D eigenvalue weighted by molar-refractivity contribution is 5.87. The molecule has 2 rings (SSSR count). The zero-order valence-electron chi connectivity index (χ0n) is 13.8. The summed E-state index contributed by atoms with van der Waals surface area (Å²) in [7, 11) is 1.78. The SMILES string of the molecule is CNN(CCN1CCOCC1)C(=O)C1CCCCC1C(C)=O. The van der Waals surface area contributed by atoms with Crippen molar-refractivity contribution in [2.24, 2.45) is 11.8 Å². The van der Waals surface area contributed by atoms with Crippen molar-refractivity contribution in [2.45, 2.75) is 32.6 Å². The second kappa shape index (κ2) is 8.60. The van der Waals surface area contributed by atoms with Crippen molar-refractivity contribution in [3.05, 3.63) is 0 Å². The predicted molar refractivity (Wildman–Crippen MR) is 84.2 cm³/mol. The molecule has 0 bridgehead atoms. The smallest absolute Gasteiger partial charge is 0.240 e. The molecule has 2 fully saturated rings. The Balaban J connectivity index is 1.90. The molecular weight excluding hydrogens is 282 g/mol. The lowest BCUT2D eigenvalue weighted by molar-refractivity contribution is -0.145. The molecule has 0 radical (unpaired) electrons. The Bertz CT molecular complexity index is 383. The average Bonchev–Trinajstić information content (AvgIpc) is 2.56. The van der Waals surface area contributed by atoms with Gasteiger partial charge in [-0.3, -0.25) is 19.5 Å². The molecule has 0 aromatic carbocycles. The van der Waals surface area contributed by atoms with Gasteiger partial charge in [-0.15, -0.1) is 0 Å². The average molecular weight is 311 g/mol. The highest BCUT2D eigenvalue weighted by Crippen LogP contribution is 2.31. The number of morpholine rings is 1. The number of rotatable bonds is 6. The van der Waals surface area contributed by atoms with Crippen LogP contribution in [0.1, 0.15) is 32.6 Å². The summed E-state index contributed by atoms with van der Waals surface area (Å²) in [6.07, 6.45) is 3.79. The van der Waals surface area contributed by atoms with Gasteiger partial charge in [0.25, 0.3) is 0 Å². The third-order valence-corrected chi connectivity index (χ3v) is 4.88. The number of amides is 1. The first-order valence-electron chi connectivity index (χ1n) is 8.42. The van der Waals surface area contributed by atoms with Crippen molar-refractivity contribution >= 4 is 11.7 Å². The highest BCUT2D eigenvalue weighted by Gasteiger charge is 2.36. The fourth-order valence-corrected chi connectivity index (χ4v) is 3.51. The normalized spacial score (nSPS) is 26.6. The van der Waals surface area contributed by atoms with Gasteiger partial charge in [-0.1, -0.05) is 12.8 Å². The van der Waals surface area contributed by atoms with Crippen molar-refractivity contribution < 1.29 is 14.3 Å². The van der Waals surface area contributed by atoms with Crippen LogP contribution in [0.15, 0.2) is 0 Å². The number of carbonyl (C=O) groups excluding carboxylic acids is 2. The molecule has 2 aliphatic rings. The molecule has 1 aliphatic heterocycles. The number of Topliss-reactive ketones (excluding diaryl/α,β-unsaturated/α-hetero) is 1. The maximum Gasteiger partial charge on any atom is 0.240 e. The Labute approximate surface area is 133 Å². The zero-order valence-corrected chi connectivity index (χ0v) is 13.8. The summed E-state index contributed by atoms with van der Waals surface area (Å²) in [5, 5.41) is 1.70. The van der Waals surface area contributed by atoms with Crippen molar-refractivity contribution in [3.8, 4) is 0 Å². The first-order chi connectivity index (χ1) is 10.6. The molecule has 6 nitrogen and oxygen atoms in total. The van der Waals surface area contributed by atoms with E-state index in [0.29, 0.717) is 6.54 Å². The van der Waals surface area contributed by atoms with Crippen molar-refractivity contribution in [1.82, 2.24) is 15.3 Å². The maximum atomic E-state index is 12.8. The highest BCUT2D eigenvalue weighted by atomic mass is 16.5. The first kappa shape index (κ1) is 17.4. The van der Waals surface area contributed by atoms with Crippen LogP contribution in [0.2, 0.25) is 0 Å². The molecule has 1 N–H and O–H groups in total. The summed E-state index contributed by atoms with van der Waals surface area (Å²) in [4.78, 5) is 26.9. The van der Waals surface area contributed by atoms with Gasteiger partial charge in [-0.05, 0) is 19.8 Å². The van der Waals surface area contributed by atoms with Crippen LogP contribution in [0.5, 0.6) is 0 Å². The van der Waals surface area contributed by atoms with Gasteiger partial charge in [0.1, 0.15) is 5.78 Å². The number of hydrazine groups is 1. The third-order valence-electron chi connectivity index (χ3n) is 4.88. The molecule has 1 saturated carbocycles. The van der Waals surface area contributed by atoms with E-state index in [1.165, 1.54) is 0 Å². The molecule has 1 saturated heterocycles. The monoisotopic (exact) mass is 311 g/mol. The largest absolute Gasteiger partial charge is 0.379 e. The molecule has 0 aromatic heterocycles. The molecule has 1 amide bonds. The number of hydrogen-bond acceptors (Lipinski definition) is 5. The van der Waals surface area contributed by atoms with Crippen molar-refractivity contribution in [1.29, 1.82) is 0 Å². The maximum absolute atomic E-state index is 12.8. The van der Waals surface area contributed by atoms with E-state index in [1.54, 1.807) is 19.0 Å². The van der Waals surface area contributed by atoms with Gasteiger partial charge >= 0.3 is 0 Å². The Kier molecular flexibility index (Phi) is 6.79. The van der Waals surface area contributed by atoms with Gasteiger partial charge in [0.2, 0.25) is 5.91 Å². The fourth-order valence-electron chi connectivity index (χ4n) is 3.51. The summed E-state index contributed by atoms with van der Waals surface area (Å²) in [5.74, 6) is -0.0122. The van der Waals surface area contributed by atoms with E-state index in [9.17, 15) is 9.59 Å². The molecule has 6 heteroatoms. The van der Waals surface area contributed by atoms with Gasteiger partial charge in [-0.2, -0.15) is 0 Å². The van der Waals surface area contributed by atoms with Gasteiger partial charge in [0.05, 0.1) is 19.8 Å². The third kappa shape index (κ3) is 4.51. The second-order valence-electron chi connectivity index (χ2n) is 6.28. The van der Waals surface area contributed by atoms with Crippen LogP contribution in [0.3, 0.4) is 0 Å². The molecule has 0 spiro atoms. The van der Waals surface area contributed by atoms with E-state index >= 15 is 0 Å². The Morgan fingerprint density at radius 2 is 1.82 bits per heavy atom. The molecule has 126 valence electrons. The minimum absolute atomic E-state index is 0.0793. The van der Waals surface area contributed by atoms with Crippen LogP contribution >= 0.6 is 0 Å². The zero-order chi connectivity index (χ0) is 15.9. The lowest BCUT2D eigenvalue weighted by Gasteiger charge is -2.34. The Morgan fingerprint density at radius 1 is 1.18 bits per heavy atom. The van der Waals surface area contributed by atoms with Crippen LogP contribution < -0.4 is 5.43 Å². The van der Waals surface area contributed by atoms with Gasteiger partial charge in [0, 0.05) is 38.5 Å². The second-order valence-corrected chi connectivity index (χ2v) is 6.28. The number of ketones is 1. The molecule has 22 heavy (non-hydrogen) atoms. The van der Waals surface area contributed by atoms with Gasteiger partial charge in [0.15, 0.2) is 0 Å². The van der Waals surface area contributed by atoms with Crippen LogP contribution in [0, 0.1) is 11.8 Å². The predicted octanol–water partition coefficient (Wildman–Crippen LogP) is 0.677. The molecular formula is C16H29N3O3. The number of nitrogens with one attached hydrogen (secondary N) is 1. The minimum Gasteiger partial charge on any atom is -0.379 e. The standard InChI is InChI=1S/C16H29N3O3/c1-13(20)14-5-3-4-6-15(14)16(21)19(17-2)8-7-18-9-11-22-12-10-18/h14-15,17H,3-12H2,1-2H3. The number of hydrogen-bond donors (Lipinski definition) is 1. The van der Waals surface area contributed by atoms with Crippen LogP contribution in [-0.4, -0.2) is 68.0 Å². The van der Waals surface area contributed by atoms with Crippen LogP contribution in [-0.2, 0) is 14.3 Å². The van der Waals surface area contributed by atoms with E-state index in [1.807, 2.05) is 0 Å². The van der Waals surface area contributed by atoms with Crippen molar-refractivity contribution in [2.75, 3.05) is 46.4 Å². The summed E-state index contributed by atoms with van der Waals surface area (Å²) >= 11 is 0. The van der Waals surface area contributed by atoms with E-state index in [0.717, 1.165) is 58.5 Å². The van der Waals surface area contributed by atoms with E-state index in [2.05, 4.69) is 10.3 Å². The first-order valence-corrected chi connectivity index (χ1v) is 8.42. The molecule has 1 heterocycles. The van der Waals surface area contributed by atoms with E-state index < -0.39 is 0 Å². The molecule has 0 aromatic rings. The summed E-state index contributed by atoms with van der Waals surface area (Å²) < 4.78 is 5.34. The van der Waals surface area contributed by atoms with Gasteiger partial charge < -0.3 is 4.74 Å². The number of carbonyl (C=O) groups is 2. The fraction of sp³-hybridized carbons (Fsp3) is 0.875. The molecule has 2 unspecified atom stereocenters. The van der Waals surface area contributed by atoms with Gasteiger partial charge in [-0.25, -0.2) is 5.43 Å². The lowest BCUT2D eigenvalue weighted by atomic mass is 9.76. The quantitative estimate of drug-likeness (QED) is 0.731. The Morgan fingerprint density at radius 3 is 2.41 bits per heavy atom. The Hall–Kier alpha value is -0.980. The van der Waals surface area contributed by atoms with E-state index in [-0.39, 0.29) is 23.5 Å². The summed E-state index contributed by atoms with van der Waals surface area (Å²) in [6, 6.07) is 0. The van der Waals surface area contributed by atoms with Crippen molar-refractivity contribution in [3.63, 3.8) is 0 Å². The molecule has 2 atom stereocenters.